The fourth-order valence-electron chi connectivity index (χ4n) is 8.50. The van der Waals surface area contributed by atoms with Crippen LogP contribution >= 0.6 is 35.2 Å². The van der Waals surface area contributed by atoms with Gasteiger partial charge in [0, 0.05) is 39.0 Å². The summed E-state index contributed by atoms with van der Waals surface area (Å²) in [6.45, 7) is -2.07. The van der Waals surface area contributed by atoms with Gasteiger partial charge in [0.15, 0.2) is 30.2 Å². The van der Waals surface area contributed by atoms with Crippen LogP contribution in [0.15, 0.2) is 45.6 Å². The molecule has 0 saturated carbocycles. The van der Waals surface area contributed by atoms with Gasteiger partial charge in [-0.3, -0.25) is 42.3 Å². The molecule has 402 valence electrons. The zero-order valence-corrected chi connectivity index (χ0v) is 41.8. The molecule has 0 bridgehead atoms. The molecule has 5 aromatic rings. The number of aliphatic hydroxyl groups excluding tert-OH is 3. The summed E-state index contributed by atoms with van der Waals surface area (Å²) >= 11 is 0.991. The summed E-state index contributed by atoms with van der Waals surface area (Å²) in [6, 6.07) is 1.02. The van der Waals surface area contributed by atoms with E-state index in [1.165, 1.54) is 54.0 Å². The molecule has 8 heterocycles. The van der Waals surface area contributed by atoms with Crippen molar-refractivity contribution in [3.05, 3.63) is 62.4 Å². The predicted molar refractivity (Wildman–Crippen MR) is 243 cm³/mol. The normalized spacial score (nSPS) is 30.0. The molecule has 3 aliphatic rings. The van der Waals surface area contributed by atoms with Crippen LogP contribution in [0.3, 0.4) is 0 Å². The van der Waals surface area contributed by atoms with Crippen LogP contribution in [0.5, 0.6) is 0 Å². The maximum Gasteiger partial charge on any atom is 0.490 e. The van der Waals surface area contributed by atoms with E-state index in [9.17, 15) is 58.1 Å². The van der Waals surface area contributed by atoms with Crippen LogP contribution in [0, 0.1) is 5.92 Å². The molecule has 3 saturated heterocycles. The second-order valence-electron chi connectivity index (χ2n) is 16.5. The summed E-state index contributed by atoms with van der Waals surface area (Å²) in [6.07, 6.45) is -7.93. The van der Waals surface area contributed by atoms with Crippen molar-refractivity contribution in [2.45, 2.75) is 73.1 Å². The SMILES string of the molecule is COCC[C@H]1[C@@H](O)[C@H]([n+]2cn(C)c3c(=O)[nH]c(N)nc32)O[C@@H]1COP(=O)(O)OP(=O)(O)OP(=O)(O)OCC1O[C@@H](n2cnc3c(N)ncnc32)[C@H](OC)[C@@H]1SCOC[C@H]1O[C@@H](n2ccc(=O)[nH]c2=O)[C@H](O)[C@@H]1O. The number of aryl methyl sites for hydroxylation is 1. The second kappa shape index (κ2) is 22.0. The van der Waals surface area contributed by atoms with E-state index in [4.69, 9.17) is 48.9 Å². The summed E-state index contributed by atoms with van der Waals surface area (Å²) in [5.74, 6) is -1.34. The smallest absolute Gasteiger partial charge is 0.387 e. The molecule has 4 unspecified atom stereocenters. The van der Waals surface area contributed by atoms with Gasteiger partial charge >= 0.3 is 34.8 Å². The third kappa shape index (κ3) is 11.9. The van der Waals surface area contributed by atoms with Crippen molar-refractivity contribution in [2.24, 2.45) is 13.0 Å². The summed E-state index contributed by atoms with van der Waals surface area (Å²) in [7, 11) is -13.3. The Morgan fingerprint density at radius 3 is 2.23 bits per heavy atom. The molecule has 0 aromatic carbocycles. The van der Waals surface area contributed by atoms with Crippen LogP contribution in [0.2, 0.25) is 0 Å². The molecule has 0 radical (unpaired) electrons. The molecule has 3 fully saturated rings. The van der Waals surface area contributed by atoms with Crippen molar-refractivity contribution in [3.63, 3.8) is 0 Å². The maximum atomic E-state index is 13.3. The lowest BCUT2D eigenvalue weighted by molar-refractivity contribution is -0.745. The molecule has 0 aliphatic carbocycles. The molecule has 12 N–H and O–H groups in total. The Bertz CT molecular complexity index is 3120. The van der Waals surface area contributed by atoms with Crippen molar-refractivity contribution in [2.75, 3.05) is 58.1 Å². The van der Waals surface area contributed by atoms with E-state index in [1.54, 1.807) is 0 Å². The first-order valence-electron chi connectivity index (χ1n) is 21.4. The van der Waals surface area contributed by atoms with Crippen molar-refractivity contribution in [1.82, 2.24) is 43.6 Å². The molecule has 15 atom stereocenters. The highest BCUT2D eigenvalue weighted by molar-refractivity contribution is 7.99. The highest BCUT2D eigenvalue weighted by Crippen LogP contribution is 2.68. The van der Waals surface area contributed by atoms with E-state index >= 15 is 0 Å². The number of hydrogen-bond donors (Lipinski definition) is 10. The van der Waals surface area contributed by atoms with Gasteiger partial charge in [-0.15, -0.1) is 11.8 Å². The van der Waals surface area contributed by atoms with Gasteiger partial charge in [-0.1, -0.05) is 4.98 Å². The van der Waals surface area contributed by atoms with E-state index in [-0.39, 0.29) is 59.7 Å². The number of phosphoric ester groups is 2. The Balaban J connectivity index is 0.914. The largest absolute Gasteiger partial charge is 0.490 e. The molecule has 8 rings (SSSR count). The Hall–Kier alpha value is -4.42. The van der Waals surface area contributed by atoms with Gasteiger partial charge in [-0.2, -0.15) is 8.62 Å². The number of anilines is 2. The average molecular weight is 1120 g/mol. The molecule has 38 heteroatoms. The van der Waals surface area contributed by atoms with Gasteiger partial charge in [0.25, 0.3) is 17.1 Å². The number of H-pyrrole nitrogens is 2. The highest BCUT2D eigenvalue weighted by atomic mass is 32.2. The lowest BCUT2D eigenvalue weighted by Gasteiger charge is -2.24. The standard InChI is InChI=1S/C35H49N12O22P3S/c1-44-13-47(29-21(44)30(52)43-34(37)42-29)31-22(49)15(5-7-60-2)16(65-31)9-63-70(54,55)68-72(58,59)69-71(56,57)64-10-18-26(25(61-3)33(67-18)46-12-40-20-27(36)38-11-39-28(20)46)73-14-62-8-17-23(50)24(51)32(66-17)45-6-4-19(48)41-35(45)53/h4,6,11-13,15-18,22-26,31-33,49-51H,5,7-10,14H2,1-3H3,(H8-,36,37,38,39,41,42,43,48,52,53,54,55,56,57,58,59)/p+1/t15-,16-,17-,18?,22-,23-,24-,25-,26-,31-,32-,33-/m1/s1. The lowest BCUT2D eigenvalue weighted by Crippen LogP contribution is -2.45. The van der Waals surface area contributed by atoms with E-state index in [2.05, 4.69) is 33.5 Å². The van der Waals surface area contributed by atoms with Crippen LogP contribution in [0.1, 0.15) is 25.1 Å². The number of nitrogens with two attached hydrogens (primary N) is 2. The van der Waals surface area contributed by atoms with Gasteiger partial charge in [0.2, 0.25) is 11.7 Å². The minimum absolute atomic E-state index is 0.0221. The predicted octanol–water partition coefficient (Wildman–Crippen LogP) is -3.01. The topological polar surface area (TPSA) is 470 Å². The van der Waals surface area contributed by atoms with Crippen LogP contribution in [-0.4, -0.2) is 168 Å². The number of aliphatic hydroxyl groups is 3. The highest BCUT2D eigenvalue weighted by Gasteiger charge is 2.52. The summed E-state index contributed by atoms with van der Waals surface area (Å²) in [5.41, 5.74) is 10.0. The van der Waals surface area contributed by atoms with Gasteiger partial charge in [0.1, 0.15) is 42.4 Å². The number of phosphoric acid groups is 3. The number of nitrogens with zero attached hydrogens (tertiary/aromatic N) is 8. The number of methoxy groups -OCH3 is 2. The number of nitrogen functional groups attached to an aromatic ring is 2. The van der Waals surface area contributed by atoms with E-state index < -0.39 is 126 Å². The van der Waals surface area contributed by atoms with Crippen molar-refractivity contribution in [3.8, 4) is 0 Å². The van der Waals surface area contributed by atoms with E-state index in [1.807, 2.05) is 4.98 Å². The average Bonchev–Trinajstić information content (AvgIpc) is 4.11. The quantitative estimate of drug-likeness (QED) is 0.0143. The van der Waals surface area contributed by atoms with Crippen molar-refractivity contribution in [1.29, 1.82) is 0 Å². The number of rotatable bonds is 22. The molecule has 0 spiro atoms. The number of aromatic amines is 2. The molecular weight excluding hydrogens is 1070 g/mol. The summed E-state index contributed by atoms with van der Waals surface area (Å²) in [4.78, 5) is 89.1. The zero-order chi connectivity index (χ0) is 52.7. The van der Waals surface area contributed by atoms with Crippen LogP contribution in [0.25, 0.3) is 22.3 Å². The Kier molecular flexibility index (Phi) is 16.6. The third-order valence-corrected chi connectivity index (χ3v) is 17.3. The number of fused-ring (bicyclic) bond motifs is 2. The van der Waals surface area contributed by atoms with Crippen LogP contribution < -0.4 is 32.8 Å². The lowest BCUT2D eigenvalue weighted by atomic mass is 9.95. The maximum absolute atomic E-state index is 13.3. The molecule has 73 heavy (non-hydrogen) atoms. The van der Waals surface area contributed by atoms with Crippen molar-refractivity contribution < 1.29 is 94.4 Å². The molecule has 3 aliphatic heterocycles. The minimum atomic E-state index is -6.04. The van der Waals surface area contributed by atoms with Crippen molar-refractivity contribution >= 4 is 69.3 Å². The number of aromatic nitrogens is 10. The first kappa shape index (κ1) is 54.8. The molecule has 5 aromatic heterocycles. The number of imidazole rings is 2. The van der Waals surface area contributed by atoms with Gasteiger partial charge in [-0.05, 0) is 6.42 Å². The van der Waals surface area contributed by atoms with E-state index in [0.717, 1.165) is 28.6 Å². The Labute approximate surface area is 412 Å². The number of hydrogen-bond acceptors (Lipinski definition) is 26. The molecular formula is C35H50N12O22P3S+. The summed E-state index contributed by atoms with van der Waals surface area (Å²) in [5, 5.41) is 31.8. The van der Waals surface area contributed by atoms with Gasteiger partial charge in [-0.25, -0.2) is 38.0 Å². The van der Waals surface area contributed by atoms with Gasteiger partial charge in [0.05, 0.1) is 56.6 Å². The fourth-order valence-corrected chi connectivity index (χ4v) is 13.2. The Morgan fingerprint density at radius 1 is 0.849 bits per heavy atom. The number of thioether (sulfide) groups is 1. The molecule has 0 amide bonds. The molecule has 34 nitrogen and oxygen atoms in total. The first-order chi connectivity index (χ1) is 34.5. The third-order valence-electron chi connectivity index (χ3n) is 11.8. The monoisotopic (exact) mass is 1120 g/mol. The van der Waals surface area contributed by atoms with E-state index in [0.29, 0.717) is 0 Å². The second-order valence-corrected chi connectivity index (χ2v) is 22.2. The summed E-state index contributed by atoms with van der Waals surface area (Å²) < 4.78 is 97.9. The van der Waals surface area contributed by atoms with Crippen LogP contribution in [-0.2, 0) is 66.8 Å². The Morgan fingerprint density at radius 2 is 1.55 bits per heavy atom. The number of nitrogens with one attached hydrogen (secondary N) is 2. The first-order valence-corrected chi connectivity index (χ1v) is 27.0. The fraction of sp³-hybridized carbons (Fsp3) is 0.600. The zero-order valence-electron chi connectivity index (χ0n) is 38.3. The van der Waals surface area contributed by atoms with Gasteiger partial charge < -0.3 is 69.9 Å². The minimum Gasteiger partial charge on any atom is -0.387 e. The van der Waals surface area contributed by atoms with Crippen LogP contribution in [0.4, 0.5) is 11.8 Å². The number of ether oxygens (including phenoxy) is 6.